The lowest BCUT2D eigenvalue weighted by atomic mass is 10.1. The normalized spacial score (nSPS) is 17.1. The first kappa shape index (κ1) is 19.9. The minimum Gasteiger partial charge on any atom is -0.378 e. The van der Waals surface area contributed by atoms with E-state index in [2.05, 4.69) is 37.9 Å². The van der Waals surface area contributed by atoms with Crippen molar-refractivity contribution in [2.75, 3.05) is 31.2 Å². The molecule has 2 aliphatic heterocycles. The van der Waals surface area contributed by atoms with Gasteiger partial charge >= 0.3 is 0 Å². The first-order valence-electron chi connectivity index (χ1n) is 10.8. The summed E-state index contributed by atoms with van der Waals surface area (Å²) >= 11 is 1.62. The van der Waals surface area contributed by atoms with E-state index in [4.69, 9.17) is 9.72 Å². The fourth-order valence-corrected chi connectivity index (χ4v) is 5.16. The van der Waals surface area contributed by atoms with Crippen molar-refractivity contribution >= 4 is 28.1 Å². The van der Waals surface area contributed by atoms with Gasteiger partial charge in [0.1, 0.15) is 11.9 Å². The van der Waals surface area contributed by atoms with E-state index in [1.165, 1.54) is 6.42 Å². The molecular weight excluding hydrogens is 408 g/mol. The molecule has 1 fully saturated rings. The summed E-state index contributed by atoms with van der Waals surface area (Å²) in [5.74, 6) is 1.65. The summed E-state index contributed by atoms with van der Waals surface area (Å²) in [7, 11) is 0. The Morgan fingerprint density at radius 2 is 1.90 bits per heavy atom. The molecule has 0 radical (unpaired) electrons. The molecule has 1 aromatic carbocycles. The molecule has 3 aromatic rings. The summed E-state index contributed by atoms with van der Waals surface area (Å²) in [5.41, 5.74) is 2.48. The summed E-state index contributed by atoms with van der Waals surface area (Å²) in [6.07, 6.45) is 6.26. The summed E-state index contributed by atoms with van der Waals surface area (Å²) in [6.45, 7) is 3.94. The second-order valence-electron chi connectivity index (χ2n) is 7.75. The quantitative estimate of drug-likeness (QED) is 0.579. The van der Waals surface area contributed by atoms with Crippen LogP contribution in [-0.2, 0) is 17.7 Å². The molecule has 158 valence electrons. The fourth-order valence-electron chi connectivity index (χ4n) is 4.07. The first-order chi connectivity index (χ1) is 15.3. The maximum absolute atomic E-state index is 10.0. The van der Waals surface area contributed by atoms with E-state index in [1.807, 2.05) is 24.3 Å². The van der Waals surface area contributed by atoms with Gasteiger partial charge in [0.25, 0.3) is 0 Å². The summed E-state index contributed by atoms with van der Waals surface area (Å²) in [5, 5.41) is 19.7. The lowest BCUT2D eigenvalue weighted by Crippen LogP contribution is -2.36. The number of benzene rings is 1. The molecule has 0 bridgehead atoms. The van der Waals surface area contributed by atoms with E-state index in [0.29, 0.717) is 24.6 Å². The molecule has 4 heterocycles. The van der Waals surface area contributed by atoms with Gasteiger partial charge in [0.05, 0.1) is 29.4 Å². The summed E-state index contributed by atoms with van der Waals surface area (Å²) in [4.78, 5) is 8.19. The Hall–Kier alpha value is -3.02. The molecule has 2 aromatic heterocycles. The van der Waals surface area contributed by atoms with Crippen molar-refractivity contribution in [2.24, 2.45) is 0 Å². The molecular formula is C23H24N6OS. The molecule has 0 N–H and O–H groups in total. The van der Waals surface area contributed by atoms with Gasteiger partial charge in [-0.1, -0.05) is 48.1 Å². The van der Waals surface area contributed by atoms with E-state index in [0.717, 1.165) is 66.0 Å². The Morgan fingerprint density at radius 1 is 1.06 bits per heavy atom. The zero-order valence-electron chi connectivity index (χ0n) is 17.3. The Bertz CT molecular complexity index is 1120. The van der Waals surface area contributed by atoms with Gasteiger partial charge in [0.15, 0.2) is 11.0 Å². The van der Waals surface area contributed by atoms with Gasteiger partial charge < -0.3 is 14.2 Å². The Kier molecular flexibility index (Phi) is 5.78. The van der Waals surface area contributed by atoms with E-state index in [1.54, 1.807) is 11.3 Å². The number of rotatable bonds is 4. The van der Waals surface area contributed by atoms with E-state index >= 15 is 0 Å². The highest BCUT2D eigenvalue weighted by Gasteiger charge is 2.22. The summed E-state index contributed by atoms with van der Waals surface area (Å²) < 4.78 is 7.62. The molecule has 31 heavy (non-hydrogen) atoms. The zero-order valence-corrected chi connectivity index (χ0v) is 18.1. The van der Waals surface area contributed by atoms with Crippen molar-refractivity contribution in [1.82, 2.24) is 19.7 Å². The maximum Gasteiger partial charge on any atom is 0.186 e. The third-order valence-corrected chi connectivity index (χ3v) is 6.78. The zero-order chi connectivity index (χ0) is 21.0. The van der Waals surface area contributed by atoms with Crippen LogP contribution in [0.15, 0.2) is 30.3 Å². The van der Waals surface area contributed by atoms with Crippen LogP contribution in [0.1, 0.15) is 35.8 Å². The highest BCUT2D eigenvalue weighted by Crippen LogP contribution is 2.36. The Labute approximate surface area is 185 Å². The largest absolute Gasteiger partial charge is 0.378 e. The Morgan fingerprint density at radius 3 is 2.71 bits per heavy atom. The van der Waals surface area contributed by atoms with Crippen LogP contribution in [0.3, 0.4) is 0 Å². The molecule has 7 nitrogen and oxygen atoms in total. The second-order valence-corrected chi connectivity index (χ2v) is 8.76. The molecule has 5 rings (SSSR count). The summed E-state index contributed by atoms with van der Waals surface area (Å²) in [6, 6.07) is 12.5. The average molecular weight is 433 g/mol. The number of ether oxygens (including phenoxy) is 1. The van der Waals surface area contributed by atoms with Crippen LogP contribution in [0.5, 0.6) is 0 Å². The van der Waals surface area contributed by atoms with Gasteiger partial charge in [-0.3, -0.25) is 0 Å². The number of hydrogen-bond donors (Lipinski definition) is 0. The standard InChI is InChI=1S/C23H24N6OS/c24-16-18(22-27-26-20-9-5-2-6-10-29(20)22)15-19-21(17-7-3-1-4-8-17)25-23(31-19)28-11-13-30-14-12-28/h1,3-4,7-8,15H,2,5-6,9-14H2. The minimum atomic E-state index is 0.537. The van der Waals surface area contributed by atoms with Crippen molar-refractivity contribution in [3.05, 3.63) is 46.9 Å². The smallest absolute Gasteiger partial charge is 0.186 e. The molecule has 0 saturated carbocycles. The number of hydrogen-bond acceptors (Lipinski definition) is 7. The van der Waals surface area contributed by atoms with Crippen molar-refractivity contribution in [3.8, 4) is 17.3 Å². The highest BCUT2D eigenvalue weighted by molar-refractivity contribution is 7.17. The molecule has 0 aliphatic carbocycles. The van der Waals surface area contributed by atoms with Crippen molar-refractivity contribution in [2.45, 2.75) is 32.2 Å². The van der Waals surface area contributed by atoms with Gasteiger partial charge in [0.2, 0.25) is 0 Å². The van der Waals surface area contributed by atoms with Crippen LogP contribution in [0.4, 0.5) is 5.13 Å². The van der Waals surface area contributed by atoms with E-state index in [9.17, 15) is 5.26 Å². The number of aryl methyl sites for hydroxylation is 1. The van der Waals surface area contributed by atoms with Crippen molar-refractivity contribution in [1.29, 1.82) is 5.26 Å². The van der Waals surface area contributed by atoms with Crippen LogP contribution in [0.25, 0.3) is 22.9 Å². The monoisotopic (exact) mass is 432 g/mol. The number of allylic oxidation sites excluding steroid dienone is 1. The molecule has 0 spiro atoms. The first-order valence-corrected chi connectivity index (χ1v) is 11.6. The third-order valence-electron chi connectivity index (χ3n) is 5.72. The SMILES string of the molecule is N#CC(=Cc1sc(N2CCOCC2)nc1-c1ccccc1)c1nnc2n1CCCCC2. The molecule has 0 unspecified atom stereocenters. The van der Waals surface area contributed by atoms with Crippen molar-refractivity contribution in [3.63, 3.8) is 0 Å². The number of morpholine rings is 1. The third kappa shape index (κ3) is 4.11. The van der Waals surface area contributed by atoms with Gasteiger partial charge in [-0.15, -0.1) is 10.2 Å². The molecule has 2 aliphatic rings. The van der Waals surface area contributed by atoms with Crippen LogP contribution >= 0.6 is 11.3 Å². The average Bonchev–Trinajstić information content (AvgIpc) is 3.35. The fraction of sp³-hybridized carbons (Fsp3) is 0.391. The van der Waals surface area contributed by atoms with Crippen LogP contribution < -0.4 is 4.90 Å². The van der Waals surface area contributed by atoms with Gasteiger partial charge in [0, 0.05) is 31.6 Å². The Balaban J connectivity index is 1.58. The maximum atomic E-state index is 10.0. The van der Waals surface area contributed by atoms with E-state index in [-0.39, 0.29) is 0 Å². The van der Waals surface area contributed by atoms with Crippen molar-refractivity contribution < 1.29 is 4.74 Å². The predicted molar refractivity (Wildman–Crippen MR) is 122 cm³/mol. The highest BCUT2D eigenvalue weighted by atomic mass is 32.1. The number of aromatic nitrogens is 4. The second kappa shape index (κ2) is 9.00. The lowest BCUT2D eigenvalue weighted by Gasteiger charge is -2.26. The van der Waals surface area contributed by atoms with Crippen LogP contribution in [0.2, 0.25) is 0 Å². The van der Waals surface area contributed by atoms with Gasteiger partial charge in [-0.25, -0.2) is 4.98 Å². The molecule has 0 amide bonds. The number of anilines is 1. The van der Waals surface area contributed by atoms with Crippen LogP contribution in [-0.4, -0.2) is 46.1 Å². The number of thiazole rings is 1. The lowest BCUT2D eigenvalue weighted by molar-refractivity contribution is 0.122. The number of nitriles is 1. The minimum absolute atomic E-state index is 0.537. The van der Waals surface area contributed by atoms with Gasteiger partial charge in [-0.2, -0.15) is 5.26 Å². The predicted octanol–water partition coefficient (Wildman–Crippen LogP) is 4.03. The number of nitrogens with zero attached hydrogens (tertiary/aromatic N) is 6. The van der Waals surface area contributed by atoms with Gasteiger partial charge in [-0.05, 0) is 18.9 Å². The molecule has 1 saturated heterocycles. The molecule has 8 heteroatoms. The number of fused-ring (bicyclic) bond motifs is 1. The topological polar surface area (TPSA) is 79.9 Å². The van der Waals surface area contributed by atoms with Crippen LogP contribution in [0, 0.1) is 11.3 Å². The molecule has 0 atom stereocenters. The van der Waals surface area contributed by atoms with E-state index < -0.39 is 0 Å².